The summed E-state index contributed by atoms with van der Waals surface area (Å²) < 4.78 is 5.18. The van der Waals surface area contributed by atoms with E-state index in [0.717, 1.165) is 18.7 Å². The minimum atomic E-state index is -0.322. The van der Waals surface area contributed by atoms with Crippen molar-refractivity contribution in [1.82, 2.24) is 10.2 Å². The van der Waals surface area contributed by atoms with Gasteiger partial charge in [-0.25, -0.2) is 4.79 Å². The van der Waals surface area contributed by atoms with Gasteiger partial charge in [0.25, 0.3) is 0 Å². The number of rotatable bonds is 4. The lowest BCUT2D eigenvalue weighted by Gasteiger charge is -2.29. The third kappa shape index (κ3) is 4.91. The Kier molecular flexibility index (Phi) is 5.21. The fourth-order valence-corrected chi connectivity index (χ4v) is 2.44. The van der Waals surface area contributed by atoms with Crippen LogP contribution in [0, 0.1) is 5.92 Å². The van der Waals surface area contributed by atoms with Gasteiger partial charge in [-0.15, -0.1) is 0 Å². The van der Waals surface area contributed by atoms with E-state index >= 15 is 0 Å². The summed E-state index contributed by atoms with van der Waals surface area (Å²) in [6.45, 7) is 3.25. The highest BCUT2D eigenvalue weighted by molar-refractivity contribution is 5.67. The molecule has 1 N–H and O–H groups in total. The zero-order valence-corrected chi connectivity index (χ0v) is 11.5. The van der Waals surface area contributed by atoms with E-state index in [0.29, 0.717) is 19.1 Å². The molecule has 19 heavy (non-hydrogen) atoms. The molecule has 0 radical (unpaired) electrons. The monoisotopic (exact) mass is 262 g/mol. The number of likely N-dealkylation sites (tertiary alicyclic amines) is 1. The first-order valence-electron chi connectivity index (χ1n) is 6.87. The number of nitrogens with zero attached hydrogens (tertiary/aromatic N) is 1. The molecule has 104 valence electrons. The number of carbonyl (C=O) groups excluding carboxylic acids is 1. The van der Waals surface area contributed by atoms with Gasteiger partial charge in [0.1, 0.15) is 6.61 Å². The lowest BCUT2D eigenvalue weighted by Crippen LogP contribution is -2.39. The first kappa shape index (κ1) is 13.9. The van der Waals surface area contributed by atoms with Crippen molar-refractivity contribution in [3.63, 3.8) is 0 Å². The highest BCUT2D eigenvalue weighted by Gasteiger charge is 2.17. The van der Waals surface area contributed by atoms with E-state index in [4.69, 9.17) is 4.74 Å². The summed E-state index contributed by atoms with van der Waals surface area (Å²) in [7, 11) is 2.12. The summed E-state index contributed by atoms with van der Waals surface area (Å²) in [5.41, 5.74) is 1.01. The molecule has 1 aliphatic rings. The summed E-state index contributed by atoms with van der Waals surface area (Å²) in [4.78, 5) is 13.9. The van der Waals surface area contributed by atoms with Crippen molar-refractivity contribution in [2.24, 2.45) is 5.92 Å². The Balaban J connectivity index is 1.64. The molecule has 1 heterocycles. The third-order valence-corrected chi connectivity index (χ3v) is 3.47. The molecule has 2 rings (SSSR count). The number of ether oxygens (including phenoxy) is 1. The molecule has 0 spiro atoms. The lowest BCUT2D eigenvalue weighted by atomic mass is 9.99. The number of alkyl carbamates (subject to hydrolysis) is 1. The van der Waals surface area contributed by atoms with Crippen molar-refractivity contribution in [2.45, 2.75) is 19.4 Å². The van der Waals surface area contributed by atoms with Gasteiger partial charge in [0.2, 0.25) is 0 Å². The Bertz CT molecular complexity index is 394. The summed E-state index contributed by atoms with van der Waals surface area (Å²) in [5, 5.41) is 2.86. The number of hydrogen-bond donors (Lipinski definition) is 1. The van der Waals surface area contributed by atoms with Crippen molar-refractivity contribution in [2.75, 3.05) is 26.7 Å². The number of piperidine rings is 1. The molecule has 1 saturated heterocycles. The second-order valence-corrected chi connectivity index (χ2v) is 5.21. The van der Waals surface area contributed by atoms with Crippen LogP contribution in [0.1, 0.15) is 18.4 Å². The first-order chi connectivity index (χ1) is 9.24. The molecule has 1 aromatic carbocycles. The Morgan fingerprint density at radius 1 is 1.42 bits per heavy atom. The fraction of sp³-hybridized carbons (Fsp3) is 0.533. The molecule has 1 atom stereocenters. The van der Waals surface area contributed by atoms with Crippen LogP contribution in [0.3, 0.4) is 0 Å². The standard InChI is InChI=1S/C15H22N2O2/c1-17-9-5-8-14(11-17)10-16-15(18)19-12-13-6-3-2-4-7-13/h2-4,6-7,14H,5,8-12H2,1H3,(H,16,18). The first-order valence-corrected chi connectivity index (χ1v) is 6.87. The Labute approximate surface area is 114 Å². The molecular weight excluding hydrogens is 240 g/mol. The van der Waals surface area contributed by atoms with E-state index in [1.165, 1.54) is 12.8 Å². The average Bonchev–Trinajstić information content (AvgIpc) is 2.44. The van der Waals surface area contributed by atoms with E-state index in [9.17, 15) is 4.79 Å². The van der Waals surface area contributed by atoms with Crippen LogP contribution >= 0.6 is 0 Å². The minimum Gasteiger partial charge on any atom is -0.445 e. The molecule has 4 heteroatoms. The van der Waals surface area contributed by atoms with Crippen LogP contribution in [0.5, 0.6) is 0 Å². The fourth-order valence-electron chi connectivity index (χ4n) is 2.44. The second kappa shape index (κ2) is 7.14. The van der Waals surface area contributed by atoms with Crippen LogP contribution in [0.15, 0.2) is 30.3 Å². The lowest BCUT2D eigenvalue weighted by molar-refractivity contribution is 0.134. The zero-order valence-electron chi connectivity index (χ0n) is 11.5. The quantitative estimate of drug-likeness (QED) is 0.905. The molecule has 1 aliphatic heterocycles. The van der Waals surface area contributed by atoms with Gasteiger partial charge in [-0.1, -0.05) is 30.3 Å². The number of benzene rings is 1. The summed E-state index contributed by atoms with van der Waals surface area (Å²) >= 11 is 0. The molecule has 1 aromatic rings. The molecular formula is C15H22N2O2. The van der Waals surface area contributed by atoms with Crippen LogP contribution in [-0.2, 0) is 11.3 Å². The van der Waals surface area contributed by atoms with Gasteiger partial charge in [0.05, 0.1) is 0 Å². The number of hydrogen-bond acceptors (Lipinski definition) is 3. The highest BCUT2D eigenvalue weighted by atomic mass is 16.5. The van der Waals surface area contributed by atoms with E-state index in [1.54, 1.807) is 0 Å². The Morgan fingerprint density at radius 2 is 2.21 bits per heavy atom. The smallest absolute Gasteiger partial charge is 0.407 e. The Hall–Kier alpha value is -1.55. The molecule has 1 amide bonds. The van der Waals surface area contributed by atoms with Gasteiger partial charge in [0.15, 0.2) is 0 Å². The summed E-state index contributed by atoms with van der Waals surface area (Å²) in [6.07, 6.45) is 2.07. The van der Waals surface area contributed by atoms with Gasteiger partial charge < -0.3 is 15.0 Å². The maximum Gasteiger partial charge on any atom is 0.407 e. The molecule has 0 saturated carbocycles. The molecule has 0 bridgehead atoms. The zero-order chi connectivity index (χ0) is 13.5. The average molecular weight is 262 g/mol. The maximum absolute atomic E-state index is 11.6. The van der Waals surface area contributed by atoms with Crippen LogP contribution in [0.2, 0.25) is 0 Å². The summed E-state index contributed by atoms with van der Waals surface area (Å²) in [6, 6.07) is 9.72. The predicted octanol–water partition coefficient (Wildman–Crippen LogP) is 2.25. The molecule has 0 aliphatic carbocycles. The van der Waals surface area contributed by atoms with E-state index < -0.39 is 0 Å². The topological polar surface area (TPSA) is 41.6 Å². The highest BCUT2D eigenvalue weighted by Crippen LogP contribution is 2.13. The predicted molar refractivity (Wildman–Crippen MR) is 74.9 cm³/mol. The van der Waals surface area contributed by atoms with E-state index in [1.807, 2.05) is 30.3 Å². The molecule has 4 nitrogen and oxygen atoms in total. The van der Waals surface area contributed by atoms with Gasteiger partial charge in [-0.2, -0.15) is 0 Å². The van der Waals surface area contributed by atoms with Crippen molar-refractivity contribution >= 4 is 6.09 Å². The minimum absolute atomic E-state index is 0.322. The van der Waals surface area contributed by atoms with Crippen molar-refractivity contribution in [3.8, 4) is 0 Å². The van der Waals surface area contributed by atoms with E-state index in [-0.39, 0.29) is 6.09 Å². The third-order valence-electron chi connectivity index (χ3n) is 3.47. The van der Waals surface area contributed by atoms with E-state index in [2.05, 4.69) is 17.3 Å². The summed E-state index contributed by atoms with van der Waals surface area (Å²) in [5.74, 6) is 0.544. The largest absolute Gasteiger partial charge is 0.445 e. The van der Waals surface area contributed by atoms with Gasteiger partial charge in [-0.05, 0) is 37.9 Å². The van der Waals surface area contributed by atoms with Crippen LogP contribution in [0.4, 0.5) is 4.79 Å². The maximum atomic E-state index is 11.6. The Morgan fingerprint density at radius 3 is 2.95 bits per heavy atom. The van der Waals surface area contributed by atoms with Gasteiger partial charge in [-0.3, -0.25) is 0 Å². The van der Waals surface area contributed by atoms with Crippen LogP contribution < -0.4 is 5.32 Å². The van der Waals surface area contributed by atoms with Crippen LogP contribution in [0.25, 0.3) is 0 Å². The van der Waals surface area contributed by atoms with Crippen molar-refractivity contribution in [3.05, 3.63) is 35.9 Å². The molecule has 1 unspecified atom stereocenters. The number of nitrogens with one attached hydrogen (secondary N) is 1. The van der Waals surface area contributed by atoms with Gasteiger partial charge in [0, 0.05) is 13.1 Å². The van der Waals surface area contributed by atoms with Crippen molar-refractivity contribution in [1.29, 1.82) is 0 Å². The van der Waals surface area contributed by atoms with Crippen molar-refractivity contribution < 1.29 is 9.53 Å². The molecule has 1 fully saturated rings. The second-order valence-electron chi connectivity index (χ2n) is 5.21. The normalized spacial score (nSPS) is 19.9. The van der Waals surface area contributed by atoms with Crippen LogP contribution in [-0.4, -0.2) is 37.7 Å². The number of carbonyl (C=O) groups is 1. The van der Waals surface area contributed by atoms with Gasteiger partial charge >= 0.3 is 6.09 Å². The number of amides is 1. The SMILES string of the molecule is CN1CCCC(CNC(=O)OCc2ccccc2)C1. The molecule has 0 aromatic heterocycles.